The summed E-state index contributed by atoms with van der Waals surface area (Å²) in [6, 6.07) is 12.7. The van der Waals surface area contributed by atoms with Crippen molar-refractivity contribution in [3.05, 3.63) is 65.5 Å². The van der Waals surface area contributed by atoms with Gasteiger partial charge in [-0.25, -0.2) is 9.18 Å². The molecule has 156 valence electrons. The molecule has 4 amide bonds. The number of amides is 4. The number of nitrogens with one attached hydrogen (secondary N) is 1. The molecule has 1 heterocycles. The Bertz CT molecular complexity index is 991. The molecule has 4 rings (SSSR count). The van der Waals surface area contributed by atoms with Crippen LogP contribution in [0.2, 0.25) is 0 Å². The van der Waals surface area contributed by atoms with Crippen molar-refractivity contribution in [2.75, 3.05) is 18.0 Å². The Labute approximate surface area is 174 Å². The number of halogens is 1. The standard InChI is InChI=1S/C23H24FN3O3/c1-2-26(18-12-10-17(24)11-13-18)20(28)15-27-21(29)23(25-22(27)30)14-6-5-8-16-7-3-4-9-19(16)23/h3-4,7,9-13H,2,5-6,8,14-15H2,1H3,(H,25,30)/t23-/m1/s1. The summed E-state index contributed by atoms with van der Waals surface area (Å²) in [5.41, 5.74) is 1.28. The molecular weight excluding hydrogens is 385 g/mol. The third-order valence-electron chi connectivity index (χ3n) is 5.95. The third kappa shape index (κ3) is 3.34. The van der Waals surface area contributed by atoms with Crippen molar-refractivity contribution < 1.29 is 18.8 Å². The fraction of sp³-hybridized carbons (Fsp3) is 0.348. The Morgan fingerprint density at radius 2 is 1.87 bits per heavy atom. The van der Waals surface area contributed by atoms with Gasteiger partial charge in [-0.1, -0.05) is 24.3 Å². The minimum Gasteiger partial charge on any atom is -0.319 e. The van der Waals surface area contributed by atoms with E-state index < -0.39 is 23.3 Å². The Balaban J connectivity index is 1.60. The number of hydrogen-bond donors (Lipinski definition) is 1. The van der Waals surface area contributed by atoms with E-state index in [9.17, 15) is 18.8 Å². The van der Waals surface area contributed by atoms with E-state index in [0.717, 1.165) is 35.3 Å². The number of rotatable bonds is 4. The first-order valence-corrected chi connectivity index (χ1v) is 10.2. The van der Waals surface area contributed by atoms with Crippen LogP contribution < -0.4 is 10.2 Å². The highest BCUT2D eigenvalue weighted by atomic mass is 19.1. The smallest absolute Gasteiger partial charge is 0.319 e. The molecule has 0 unspecified atom stereocenters. The van der Waals surface area contributed by atoms with E-state index in [1.807, 2.05) is 24.3 Å². The second-order valence-corrected chi connectivity index (χ2v) is 7.71. The minimum atomic E-state index is -1.11. The molecular formula is C23H24FN3O3. The highest BCUT2D eigenvalue weighted by Gasteiger charge is 2.53. The molecule has 0 radical (unpaired) electrons. The van der Waals surface area contributed by atoms with Crippen LogP contribution in [0.15, 0.2) is 48.5 Å². The van der Waals surface area contributed by atoms with E-state index in [1.54, 1.807) is 6.92 Å². The summed E-state index contributed by atoms with van der Waals surface area (Å²) in [5.74, 6) is -1.18. The lowest BCUT2D eigenvalue weighted by Crippen LogP contribution is -2.46. The normalized spacial score (nSPS) is 20.7. The third-order valence-corrected chi connectivity index (χ3v) is 5.95. The number of aryl methyl sites for hydroxylation is 1. The van der Waals surface area contributed by atoms with Crippen molar-refractivity contribution in [1.82, 2.24) is 10.2 Å². The van der Waals surface area contributed by atoms with Gasteiger partial charge in [0.15, 0.2) is 0 Å². The maximum Gasteiger partial charge on any atom is 0.325 e. The Morgan fingerprint density at radius 3 is 2.60 bits per heavy atom. The van der Waals surface area contributed by atoms with Gasteiger partial charge in [-0.15, -0.1) is 0 Å². The first-order valence-electron chi connectivity index (χ1n) is 10.2. The van der Waals surface area contributed by atoms with Gasteiger partial charge in [0.1, 0.15) is 17.9 Å². The van der Waals surface area contributed by atoms with E-state index in [-0.39, 0.29) is 12.5 Å². The summed E-state index contributed by atoms with van der Waals surface area (Å²) in [6.45, 7) is 1.76. The Hall–Kier alpha value is -3.22. The fourth-order valence-corrected chi connectivity index (χ4v) is 4.46. The van der Waals surface area contributed by atoms with E-state index in [1.165, 1.54) is 29.2 Å². The zero-order valence-electron chi connectivity index (χ0n) is 16.9. The summed E-state index contributed by atoms with van der Waals surface area (Å²) in [6.07, 6.45) is 3.11. The van der Waals surface area contributed by atoms with Crippen LogP contribution in [-0.4, -0.2) is 35.8 Å². The number of anilines is 1. The lowest BCUT2D eigenvalue weighted by molar-refractivity contribution is -0.134. The molecule has 2 aromatic carbocycles. The van der Waals surface area contributed by atoms with Crippen LogP contribution in [0.5, 0.6) is 0 Å². The number of carbonyl (C=O) groups is 3. The van der Waals surface area contributed by atoms with Crippen molar-refractivity contribution in [2.24, 2.45) is 0 Å². The average Bonchev–Trinajstić information content (AvgIpc) is 2.88. The number of imide groups is 1. The highest BCUT2D eigenvalue weighted by molar-refractivity contribution is 6.11. The molecule has 7 heteroatoms. The molecule has 0 bridgehead atoms. The van der Waals surface area contributed by atoms with E-state index in [2.05, 4.69) is 5.32 Å². The Morgan fingerprint density at radius 1 is 1.13 bits per heavy atom. The number of fused-ring (bicyclic) bond motifs is 2. The van der Waals surface area contributed by atoms with E-state index in [0.29, 0.717) is 18.7 Å². The molecule has 1 aliphatic carbocycles. The maximum absolute atomic E-state index is 13.5. The van der Waals surface area contributed by atoms with Crippen LogP contribution >= 0.6 is 0 Å². The topological polar surface area (TPSA) is 69.7 Å². The largest absolute Gasteiger partial charge is 0.325 e. The molecule has 0 saturated carbocycles. The number of urea groups is 1. The quantitative estimate of drug-likeness (QED) is 0.788. The molecule has 30 heavy (non-hydrogen) atoms. The molecule has 0 aromatic heterocycles. The zero-order valence-corrected chi connectivity index (χ0v) is 16.9. The van der Waals surface area contributed by atoms with E-state index >= 15 is 0 Å². The monoisotopic (exact) mass is 409 g/mol. The van der Waals surface area contributed by atoms with Crippen molar-refractivity contribution in [2.45, 2.75) is 38.1 Å². The van der Waals surface area contributed by atoms with Crippen molar-refractivity contribution in [1.29, 1.82) is 0 Å². The predicted molar refractivity (Wildman–Crippen MR) is 110 cm³/mol. The van der Waals surface area contributed by atoms with Gasteiger partial charge in [0, 0.05) is 12.2 Å². The fourth-order valence-electron chi connectivity index (χ4n) is 4.46. The first-order chi connectivity index (χ1) is 14.5. The van der Waals surface area contributed by atoms with Gasteiger partial charge in [-0.05, 0) is 68.0 Å². The van der Waals surface area contributed by atoms with Gasteiger partial charge in [-0.2, -0.15) is 0 Å². The molecule has 6 nitrogen and oxygen atoms in total. The molecule has 2 aromatic rings. The minimum absolute atomic E-state index is 0.335. The lowest BCUT2D eigenvalue weighted by Gasteiger charge is -2.28. The summed E-state index contributed by atoms with van der Waals surface area (Å²) >= 11 is 0. The lowest BCUT2D eigenvalue weighted by atomic mass is 9.84. The molecule has 1 N–H and O–H groups in total. The van der Waals surface area contributed by atoms with Crippen molar-refractivity contribution >= 4 is 23.5 Å². The zero-order chi connectivity index (χ0) is 21.3. The van der Waals surface area contributed by atoms with Crippen LogP contribution in [0.25, 0.3) is 0 Å². The predicted octanol–water partition coefficient (Wildman–Crippen LogP) is 3.35. The summed E-state index contributed by atoms with van der Waals surface area (Å²) in [4.78, 5) is 41.6. The molecule has 2 aliphatic rings. The highest BCUT2D eigenvalue weighted by Crippen LogP contribution is 2.39. The number of benzene rings is 2. The van der Waals surface area contributed by atoms with Crippen LogP contribution in [0, 0.1) is 5.82 Å². The second kappa shape index (κ2) is 7.89. The van der Waals surface area contributed by atoms with Crippen LogP contribution in [-0.2, 0) is 21.5 Å². The van der Waals surface area contributed by atoms with Gasteiger partial charge >= 0.3 is 6.03 Å². The van der Waals surface area contributed by atoms with Crippen molar-refractivity contribution in [3.8, 4) is 0 Å². The van der Waals surface area contributed by atoms with Gasteiger partial charge in [0.2, 0.25) is 5.91 Å². The van der Waals surface area contributed by atoms with Gasteiger partial charge in [0.25, 0.3) is 5.91 Å². The first kappa shape index (κ1) is 20.1. The van der Waals surface area contributed by atoms with E-state index in [4.69, 9.17) is 0 Å². The van der Waals surface area contributed by atoms with Gasteiger partial charge in [-0.3, -0.25) is 14.5 Å². The van der Waals surface area contributed by atoms with Gasteiger partial charge < -0.3 is 10.2 Å². The van der Waals surface area contributed by atoms with Crippen LogP contribution in [0.3, 0.4) is 0 Å². The molecule has 1 spiro atoms. The summed E-state index contributed by atoms with van der Waals surface area (Å²) in [7, 11) is 0. The SMILES string of the molecule is CCN(C(=O)CN1C(=O)N[C@@]2(CCCCc3ccccc32)C1=O)c1ccc(F)cc1. The molecule has 1 atom stereocenters. The summed E-state index contributed by atoms with van der Waals surface area (Å²) in [5, 5.41) is 2.89. The van der Waals surface area contributed by atoms with Crippen LogP contribution in [0.1, 0.15) is 37.3 Å². The van der Waals surface area contributed by atoms with Gasteiger partial charge in [0.05, 0.1) is 0 Å². The summed E-state index contributed by atoms with van der Waals surface area (Å²) < 4.78 is 13.2. The second-order valence-electron chi connectivity index (χ2n) is 7.71. The molecule has 1 fully saturated rings. The maximum atomic E-state index is 13.5. The Kier molecular flexibility index (Phi) is 5.28. The number of likely N-dealkylation sites (N-methyl/N-ethyl adjacent to an activating group) is 1. The number of hydrogen-bond acceptors (Lipinski definition) is 3. The molecule has 1 aliphatic heterocycles. The van der Waals surface area contributed by atoms with Crippen molar-refractivity contribution in [3.63, 3.8) is 0 Å². The van der Waals surface area contributed by atoms with Crippen LogP contribution in [0.4, 0.5) is 14.9 Å². The number of carbonyl (C=O) groups excluding carboxylic acids is 3. The molecule has 1 saturated heterocycles. The number of nitrogens with zero attached hydrogens (tertiary/aromatic N) is 2. The average molecular weight is 409 g/mol.